The number of esters is 2. The molecule has 9 heteroatoms. The molecule has 8 nitrogen and oxygen atoms in total. The molecular weight excluding hydrogens is 347 g/mol. The monoisotopic (exact) mass is 366 g/mol. The number of β-amino-alcohol motifs (C(OH)–C–C–N with tert-alkyl or cyclic N) is 1. The number of nitrogens with zero attached hydrogens (tertiary/aromatic N) is 1. The Morgan fingerprint density at radius 2 is 1.92 bits per heavy atom. The molecule has 0 bridgehead atoms. The van der Waals surface area contributed by atoms with Crippen LogP contribution >= 0.6 is 0 Å². The Morgan fingerprint density at radius 1 is 1.27 bits per heavy atom. The summed E-state index contributed by atoms with van der Waals surface area (Å²) in [5.74, 6) is -2.83. The van der Waals surface area contributed by atoms with Crippen molar-refractivity contribution in [1.82, 2.24) is 4.90 Å². The van der Waals surface area contributed by atoms with Gasteiger partial charge in [-0.2, -0.15) is 0 Å². The summed E-state index contributed by atoms with van der Waals surface area (Å²) in [6.07, 6.45) is 0. The highest BCUT2D eigenvalue weighted by Crippen LogP contribution is 2.27. The summed E-state index contributed by atoms with van der Waals surface area (Å²) in [6, 6.07) is 2.41. The number of rotatable bonds is 6. The minimum Gasteiger partial charge on any atom is -0.466 e. The molecule has 0 fully saturated rings. The quantitative estimate of drug-likeness (QED) is 0.710. The maximum atomic E-state index is 14.0. The zero-order valence-electron chi connectivity index (χ0n) is 14.6. The van der Waals surface area contributed by atoms with Crippen molar-refractivity contribution in [2.24, 2.45) is 0 Å². The molecule has 0 aromatic heterocycles. The maximum Gasteiger partial charge on any atom is 0.341 e. The van der Waals surface area contributed by atoms with Crippen LogP contribution in [-0.4, -0.2) is 61.8 Å². The van der Waals surface area contributed by atoms with Gasteiger partial charge in [0, 0.05) is 12.2 Å². The third-order valence-corrected chi connectivity index (χ3v) is 4.02. The Morgan fingerprint density at radius 3 is 2.50 bits per heavy atom. The average Bonchev–Trinajstić information content (AvgIpc) is 2.93. The van der Waals surface area contributed by atoms with Crippen LogP contribution in [0.15, 0.2) is 23.4 Å². The smallest absolute Gasteiger partial charge is 0.341 e. The van der Waals surface area contributed by atoms with Crippen LogP contribution in [0.4, 0.5) is 10.1 Å². The number of hydrogen-bond acceptors (Lipinski definition) is 7. The number of ether oxygens (including phenoxy) is 2. The minimum atomic E-state index is -0.856. The maximum absolute atomic E-state index is 14.0. The molecule has 26 heavy (non-hydrogen) atoms. The Bertz CT molecular complexity index is 790. The molecule has 1 aliphatic heterocycles. The first-order chi connectivity index (χ1) is 12.3. The lowest BCUT2D eigenvalue weighted by Gasteiger charge is -2.16. The standard InChI is InChI=1S/C17H19FN2O6/c1-9-12(5-4-11(18)13(9)17(24)26-3)19-14-10(16(23)25-2)8-20(6-7-21)15(14)22/h4-5,19,21H,6-8H2,1-3H3. The number of nitrogens with one attached hydrogen (secondary N) is 1. The van der Waals surface area contributed by atoms with Crippen LogP contribution in [0.1, 0.15) is 15.9 Å². The highest BCUT2D eigenvalue weighted by atomic mass is 19.1. The molecule has 1 aliphatic rings. The van der Waals surface area contributed by atoms with E-state index in [0.29, 0.717) is 0 Å². The van der Waals surface area contributed by atoms with Crippen molar-refractivity contribution in [3.05, 3.63) is 40.3 Å². The van der Waals surface area contributed by atoms with Crippen LogP contribution in [0.5, 0.6) is 0 Å². The number of carbonyl (C=O) groups is 3. The van der Waals surface area contributed by atoms with Gasteiger partial charge in [0.25, 0.3) is 5.91 Å². The third-order valence-electron chi connectivity index (χ3n) is 4.02. The molecule has 0 saturated carbocycles. The summed E-state index contributed by atoms with van der Waals surface area (Å²) in [4.78, 5) is 37.5. The van der Waals surface area contributed by atoms with Gasteiger partial charge in [-0.3, -0.25) is 4.79 Å². The molecule has 1 amide bonds. The lowest BCUT2D eigenvalue weighted by molar-refractivity contribution is -0.136. The van der Waals surface area contributed by atoms with Crippen LogP contribution in [0, 0.1) is 12.7 Å². The van der Waals surface area contributed by atoms with Gasteiger partial charge < -0.3 is 24.8 Å². The fourth-order valence-electron chi connectivity index (χ4n) is 2.65. The number of aliphatic hydroxyl groups excluding tert-OH is 1. The van der Waals surface area contributed by atoms with Gasteiger partial charge in [0.1, 0.15) is 17.1 Å². The van der Waals surface area contributed by atoms with Gasteiger partial charge in [0.05, 0.1) is 32.9 Å². The van der Waals surface area contributed by atoms with Crippen molar-refractivity contribution in [3.8, 4) is 0 Å². The molecule has 140 valence electrons. The Kier molecular flexibility index (Phi) is 5.93. The topological polar surface area (TPSA) is 105 Å². The Balaban J connectivity index is 2.46. The molecule has 0 radical (unpaired) electrons. The molecule has 0 atom stereocenters. The van der Waals surface area contributed by atoms with Crippen molar-refractivity contribution >= 4 is 23.5 Å². The number of aliphatic hydroxyl groups is 1. The van der Waals surface area contributed by atoms with Crippen LogP contribution in [-0.2, 0) is 19.1 Å². The molecule has 0 spiro atoms. The van der Waals surface area contributed by atoms with Crippen molar-refractivity contribution in [2.75, 3.05) is 39.2 Å². The summed E-state index contributed by atoms with van der Waals surface area (Å²) in [7, 11) is 2.32. The van der Waals surface area contributed by atoms with Crippen LogP contribution in [0.25, 0.3) is 0 Å². The summed E-state index contributed by atoms with van der Waals surface area (Å²) >= 11 is 0. The summed E-state index contributed by atoms with van der Waals surface area (Å²) in [6.45, 7) is 1.23. The number of hydrogen-bond donors (Lipinski definition) is 2. The van der Waals surface area contributed by atoms with E-state index in [9.17, 15) is 18.8 Å². The predicted octanol–water partition coefficient (Wildman–Crippen LogP) is 0.594. The molecule has 0 saturated heterocycles. The summed E-state index contributed by atoms with van der Waals surface area (Å²) < 4.78 is 23.2. The number of benzene rings is 1. The second-order valence-electron chi connectivity index (χ2n) is 5.51. The molecule has 1 heterocycles. The first-order valence-electron chi connectivity index (χ1n) is 7.71. The highest BCUT2D eigenvalue weighted by molar-refractivity contribution is 6.08. The number of carbonyl (C=O) groups excluding carboxylic acids is 3. The summed E-state index contributed by atoms with van der Waals surface area (Å²) in [5.41, 5.74) is 0.255. The van der Waals surface area contributed by atoms with E-state index in [0.717, 1.165) is 13.2 Å². The van der Waals surface area contributed by atoms with Gasteiger partial charge in [0.2, 0.25) is 0 Å². The number of halogens is 1. The lowest BCUT2D eigenvalue weighted by Crippen LogP contribution is -2.31. The van der Waals surface area contributed by atoms with Crippen LogP contribution in [0.3, 0.4) is 0 Å². The summed E-state index contributed by atoms with van der Waals surface area (Å²) in [5, 5.41) is 11.9. The van der Waals surface area contributed by atoms with Gasteiger partial charge in [-0.25, -0.2) is 14.0 Å². The van der Waals surface area contributed by atoms with Gasteiger partial charge in [0.15, 0.2) is 0 Å². The predicted molar refractivity (Wildman–Crippen MR) is 88.8 cm³/mol. The molecule has 1 aromatic rings. The van der Waals surface area contributed by atoms with Crippen molar-refractivity contribution in [1.29, 1.82) is 0 Å². The lowest BCUT2D eigenvalue weighted by atomic mass is 10.1. The zero-order valence-corrected chi connectivity index (χ0v) is 14.6. The molecule has 0 aliphatic carbocycles. The van der Waals surface area contributed by atoms with E-state index in [1.54, 1.807) is 0 Å². The van der Waals surface area contributed by atoms with E-state index in [-0.39, 0.29) is 47.8 Å². The van der Waals surface area contributed by atoms with Gasteiger partial charge in [-0.15, -0.1) is 0 Å². The SMILES string of the molecule is COC(=O)C1=C(Nc2ccc(F)c(C(=O)OC)c2C)C(=O)N(CCO)C1. The first-order valence-corrected chi connectivity index (χ1v) is 7.71. The molecule has 1 aromatic carbocycles. The molecule has 2 rings (SSSR count). The minimum absolute atomic E-state index is 0.0293. The molecule has 2 N–H and O–H groups in total. The second-order valence-corrected chi connectivity index (χ2v) is 5.51. The zero-order chi connectivity index (χ0) is 19.4. The highest BCUT2D eigenvalue weighted by Gasteiger charge is 2.35. The van der Waals surface area contributed by atoms with E-state index in [2.05, 4.69) is 10.1 Å². The largest absolute Gasteiger partial charge is 0.466 e. The van der Waals surface area contributed by atoms with E-state index >= 15 is 0 Å². The van der Waals surface area contributed by atoms with Gasteiger partial charge in [-0.1, -0.05) is 0 Å². The van der Waals surface area contributed by atoms with E-state index in [1.807, 2.05) is 0 Å². The van der Waals surface area contributed by atoms with E-state index < -0.39 is 23.7 Å². The van der Waals surface area contributed by atoms with Crippen molar-refractivity contribution in [3.63, 3.8) is 0 Å². The fourth-order valence-corrected chi connectivity index (χ4v) is 2.65. The van der Waals surface area contributed by atoms with Gasteiger partial charge in [-0.05, 0) is 24.6 Å². The Labute approximate surface area is 149 Å². The Hall–Kier alpha value is -2.94. The van der Waals surface area contributed by atoms with Crippen molar-refractivity contribution < 1.29 is 33.4 Å². The van der Waals surface area contributed by atoms with Crippen molar-refractivity contribution in [2.45, 2.75) is 6.92 Å². The first kappa shape index (κ1) is 19.4. The van der Waals surface area contributed by atoms with E-state index in [1.165, 1.54) is 25.0 Å². The third kappa shape index (κ3) is 3.52. The number of methoxy groups -OCH3 is 2. The fraction of sp³-hybridized carbons (Fsp3) is 0.353. The average molecular weight is 366 g/mol. The molecular formula is C17H19FN2O6. The number of amides is 1. The van der Waals surface area contributed by atoms with E-state index in [4.69, 9.17) is 9.84 Å². The number of anilines is 1. The second kappa shape index (κ2) is 7.96. The molecule has 0 unspecified atom stereocenters. The van der Waals surface area contributed by atoms with Crippen LogP contribution in [0.2, 0.25) is 0 Å². The normalized spacial score (nSPS) is 13.9. The van der Waals surface area contributed by atoms with Crippen LogP contribution < -0.4 is 5.32 Å². The van der Waals surface area contributed by atoms with Gasteiger partial charge >= 0.3 is 11.9 Å².